The molecule has 1 aromatic rings. The van der Waals surface area contributed by atoms with Crippen molar-refractivity contribution in [2.75, 3.05) is 27.3 Å². The first kappa shape index (κ1) is 45.5. The van der Waals surface area contributed by atoms with Crippen molar-refractivity contribution in [3.05, 3.63) is 35.4 Å². The van der Waals surface area contributed by atoms with Gasteiger partial charge >= 0.3 is 5.97 Å². The van der Waals surface area contributed by atoms with Gasteiger partial charge in [-0.05, 0) is 84.7 Å². The second-order valence-electron chi connectivity index (χ2n) is 16.1. The molecule has 1 aromatic carbocycles. The standard InChI is InChI=1S/C40H59F2N3O11/c1-11-32-40(8,50)33-16-30(43-25(6)46)21(2)17-39(7,52-20-27(19-51-33)44-53-18-26-12-13-28(41)29(42)15-26)36(23(4)34(47)24(5)37(49)55-32)56-38-35(48)31(45(9)10)14-22(3)54-38/h12-13,15,21-24,31-33,35-36,38,48,50H,11,14,16-20H2,1-10H3/b43-30?,44-27-/t21-,22-,23+,24-,31+,32+,33+,35-,36-,38+,39-,40-/m1/s1. The number of aliphatic hydroxyl groups is 2. The average molecular weight is 796 g/mol. The van der Waals surface area contributed by atoms with E-state index in [9.17, 15) is 33.4 Å². The number of rotatable bonds is 7. The Morgan fingerprint density at radius 1 is 1.09 bits per heavy atom. The molecule has 2 N–H and O–H groups in total. The molecule has 16 heteroatoms. The SMILES string of the molecule is CC[C@@H]1OC(=O)[C@H](C)C(=O)[C@H](C)[C@@H](O[C@@H]2O[C@H](C)C[C@H](N(C)C)[C@H]2O)[C@@]2(C)C[C@@H](C)C(=NC(C)=O)C[C@H](OC/C(=N/OCc3ccc(F)c(F)c3)CO2)[C@]1(C)O. The van der Waals surface area contributed by atoms with Crippen LogP contribution in [0.15, 0.2) is 28.3 Å². The largest absolute Gasteiger partial charge is 0.459 e. The molecule has 3 heterocycles. The molecule has 12 atom stereocenters. The Morgan fingerprint density at radius 2 is 1.79 bits per heavy atom. The van der Waals surface area contributed by atoms with Crippen LogP contribution in [0.1, 0.15) is 86.6 Å². The molecule has 0 spiro atoms. The summed E-state index contributed by atoms with van der Waals surface area (Å²) < 4.78 is 59.4. The molecule has 1 amide bonds. The van der Waals surface area contributed by atoms with Gasteiger partial charge in [0, 0.05) is 31.0 Å². The van der Waals surface area contributed by atoms with Gasteiger partial charge in [0.2, 0.25) is 5.91 Å². The number of halogens is 2. The van der Waals surface area contributed by atoms with E-state index in [1.807, 2.05) is 32.8 Å². The van der Waals surface area contributed by atoms with E-state index in [0.29, 0.717) is 17.7 Å². The van der Waals surface area contributed by atoms with E-state index < -0.39 is 89.0 Å². The summed E-state index contributed by atoms with van der Waals surface area (Å²) in [6.45, 7) is 12.1. The molecule has 2 bridgehead atoms. The molecule has 314 valence electrons. The van der Waals surface area contributed by atoms with E-state index in [1.165, 1.54) is 26.8 Å². The van der Waals surface area contributed by atoms with E-state index in [2.05, 4.69) is 10.1 Å². The van der Waals surface area contributed by atoms with Crippen LogP contribution in [0.5, 0.6) is 0 Å². The zero-order chi connectivity index (χ0) is 41.7. The van der Waals surface area contributed by atoms with Crippen LogP contribution in [0.3, 0.4) is 0 Å². The van der Waals surface area contributed by atoms with Crippen LogP contribution in [0.25, 0.3) is 0 Å². The van der Waals surface area contributed by atoms with Crippen molar-refractivity contribution in [1.82, 2.24) is 4.90 Å². The van der Waals surface area contributed by atoms with Crippen molar-refractivity contribution in [1.29, 1.82) is 0 Å². The third-order valence-electron chi connectivity index (χ3n) is 11.2. The van der Waals surface area contributed by atoms with Gasteiger partial charge in [-0.1, -0.05) is 32.0 Å². The van der Waals surface area contributed by atoms with Crippen molar-refractivity contribution in [3.8, 4) is 0 Å². The van der Waals surface area contributed by atoms with E-state index in [-0.39, 0.29) is 56.9 Å². The molecule has 4 rings (SSSR count). The highest BCUT2D eigenvalue weighted by Crippen LogP contribution is 2.39. The topological polar surface area (TPSA) is 175 Å². The number of hydrogen-bond donors (Lipinski definition) is 2. The van der Waals surface area contributed by atoms with Crippen molar-refractivity contribution >= 4 is 29.1 Å². The second kappa shape index (κ2) is 19.0. The number of aliphatic hydroxyl groups excluding tert-OH is 1. The predicted octanol–water partition coefficient (Wildman–Crippen LogP) is 4.15. The Bertz CT molecular complexity index is 1620. The number of hydrogen-bond acceptors (Lipinski definition) is 13. The lowest BCUT2D eigenvalue weighted by Crippen LogP contribution is -2.59. The monoisotopic (exact) mass is 795 g/mol. The highest BCUT2D eigenvalue weighted by atomic mass is 19.2. The third kappa shape index (κ3) is 10.8. The number of carbonyl (C=O) groups is 3. The number of amides is 1. The zero-order valence-corrected chi connectivity index (χ0v) is 34.1. The minimum Gasteiger partial charge on any atom is -0.459 e. The van der Waals surface area contributed by atoms with E-state index in [4.69, 9.17) is 28.5 Å². The number of esters is 1. The number of cyclic esters (lactones) is 1. The quantitative estimate of drug-likeness (QED) is 0.230. The molecule has 3 aliphatic heterocycles. The lowest BCUT2D eigenvalue weighted by Gasteiger charge is -2.47. The lowest BCUT2D eigenvalue weighted by atomic mass is 9.76. The number of nitrogens with zero attached hydrogens (tertiary/aromatic N) is 3. The van der Waals surface area contributed by atoms with Crippen molar-refractivity contribution in [3.63, 3.8) is 0 Å². The van der Waals surface area contributed by atoms with Gasteiger partial charge < -0.3 is 43.6 Å². The molecular weight excluding hydrogens is 736 g/mol. The maximum atomic E-state index is 14.4. The third-order valence-corrected chi connectivity index (χ3v) is 11.2. The molecule has 0 aromatic heterocycles. The second-order valence-corrected chi connectivity index (χ2v) is 16.1. The minimum absolute atomic E-state index is 0.0804. The van der Waals surface area contributed by atoms with E-state index in [0.717, 1.165) is 12.1 Å². The summed E-state index contributed by atoms with van der Waals surface area (Å²) in [5.41, 5.74) is -2.51. The highest BCUT2D eigenvalue weighted by molar-refractivity contribution is 6.00. The van der Waals surface area contributed by atoms with Gasteiger partial charge in [-0.25, -0.2) is 13.8 Å². The van der Waals surface area contributed by atoms with Crippen molar-refractivity contribution in [2.45, 2.75) is 142 Å². The molecule has 3 fully saturated rings. The lowest BCUT2D eigenvalue weighted by molar-refractivity contribution is -0.296. The van der Waals surface area contributed by atoms with Gasteiger partial charge in [-0.15, -0.1) is 0 Å². The minimum atomic E-state index is -1.88. The van der Waals surface area contributed by atoms with Crippen LogP contribution in [-0.4, -0.2) is 126 Å². The van der Waals surface area contributed by atoms with Gasteiger partial charge in [0.1, 0.15) is 36.0 Å². The van der Waals surface area contributed by atoms with Crippen LogP contribution in [0.2, 0.25) is 0 Å². The molecule has 3 aliphatic rings. The summed E-state index contributed by atoms with van der Waals surface area (Å²) in [5.74, 6) is -6.88. The maximum Gasteiger partial charge on any atom is 0.316 e. The normalized spacial score (nSPS) is 38.1. The Hall–Kier alpha value is -3.25. The van der Waals surface area contributed by atoms with E-state index >= 15 is 0 Å². The van der Waals surface area contributed by atoms with Crippen LogP contribution in [0, 0.1) is 29.4 Å². The molecule has 0 radical (unpaired) electrons. The molecule has 0 saturated carbocycles. The van der Waals surface area contributed by atoms with Crippen molar-refractivity contribution < 1.29 is 61.9 Å². The summed E-state index contributed by atoms with van der Waals surface area (Å²) in [6, 6.07) is 2.96. The Balaban J connectivity index is 1.90. The highest BCUT2D eigenvalue weighted by Gasteiger charge is 2.51. The number of ether oxygens (including phenoxy) is 5. The van der Waals surface area contributed by atoms with Gasteiger partial charge in [0.05, 0.1) is 37.1 Å². The molecule has 0 unspecified atom stereocenters. The summed E-state index contributed by atoms with van der Waals surface area (Å²) >= 11 is 0. The number of aliphatic imine (C=N–C) groups is 1. The fourth-order valence-electron chi connectivity index (χ4n) is 7.85. The summed E-state index contributed by atoms with van der Waals surface area (Å²) in [7, 11) is 3.67. The van der Waals surface area contributed by atoms with E-state index in [1.54, 1.807) is 20.8 Å². The first-order valence-electron chi connectivity index (χ1n) is 19.3. The van der Waals surface area contributed by atoms with Gasteiger partial charge in [-0.2, -0.15) is 0 Å². The number of likely N-dealkylation sites (N-methyl/N-ethyl adjacent to an activating group) is 1. The fraction of sp³-hybridized carbons (Fsp3) is 0.725. The van der Waals surface area contributed by atoms with Crippen LogP contribution in [-0.2, 0) is 49.5 Å². The van der Waals surface area contributed by atoms with Crippen LogP contribution < -0.4 is 0 Å². The van der Waals surface area contributed by atoms with Crippen LogP contribution in [0.4, 0.5) is 8.78 Å². The Labute approximate surface area is 327 Å². The maximum absolute atomic E-state index is 14.4. The first-order chi connectivity index (χ1) is 26.2. The molecule has 14 nitrogen and oxygen atoms in total. The number of ketones is 1. The summed E-state index contributed by atoms with van der Waals surface area (Å²) in [4.78, 5) is 52.5. The van der Waals surface area contributed by atoms with Gasteiger partial charge in [0.15, 0.2) is 23.7 Å². The first-order valence-corrected chi connectivity index (χ1v) is 19.3. The van der Waals surface area contributed by atoms with Crippen LogP contribution >= 0.6 is 0 Å². The molecule has 3 saturated heterocycles. The number of carbonyl (C=O) groups excluding carboxylic acids is 3. The van der Waals surface area contributed by atoms with Crippen molar-refractivity contribution in [2.24, 2.45) is 27.9 Å². The molecule has 56 heavy (non-hydrogen) atoms. The summed E-state index contributed by atoms with van der Waals surface area (Å²) in [5, 5.41) is 28.0. The molecular formula is C40H59F2N3O11. The van der Waals surface area contributed by atoms with Gasteiger partial charge in [0.25, 0.3) is 0 Å². The zero-order valence-electron chi connectivity index (χ0n) is 34.1. The number of Topliss-reactive ketones (excluding diaryl/α,β-unsaturated/α-hetero) is 1. The predicted molar refractivity (Wildman–Crippen MR) is 201 cm³/mol. The van der Waals surface area contributed by atoms with Gasteiger partial charge in [-0.3, -0.25) is 14.4 Å². The number of oxime groups is 1. The Kier molecular flexibility index (Phi) is 15.4. The Morgan fingerprint density at radius 3 is 2.41 bits per heavy atom. The fourth-order valence-corrected chi connectivity index (χ4v) is 7.85. The molecule has 0 aliphatic carbocycles. The summed E-state index contributed by atoms with van der Waals surface area (Å²) in [6.07, 6.45) is -5.52. The number of benzene rings is 1. The average Bonchev–Trinajstić information content (AvgIpc) is 3.14. The smallest absolute Gasteiger partial charge is 0.316 e. The number of fused-ring (bicyclic) bond motifs is 5.